The van der Waals surface area contributed by atoms with Crippen molar-refractivity contribution >= 4 is 11.8 Å². The Labute approximate surface area is 153 Å². The molecule has 0 aromatic carbocycles. The number of nitrogens with one attached hydrogen (secondary N) is 1. The smallest absolute Gasteiger partial charge is 0.256 e. The molecule has 8 heteroatoms. The molecule has 0 bridgehead atoms. The Bertz CT molecular complexity index is 634. The molecule has 2 amide bonds. The molecule has 8 nitrogen and oxygen atoms in total. The maximum atomic E-state index is 12.5. The summed E-state index contributed by atoms with van der Waals surface area (Å²) in [5.41, 5.74) is 1.12. The lowest BCUT2D eigenvalue weighted by Gasteiger charge is -2.30. The third-order valence-electron chi connectivity index (χ3n) is 5.52. The molecule has 0 unspecified atom stereocenters. The Morgan fingerprint density at radius 2 is 1.88 bits per heavy atom. The van der Waals surface area contributed by atoms with E-state index in [1.807, 2.05) is 11.9 Å². The molecule has 3 rings (SSSR count). The lowest BCUT2D eigenvalue weighted by Crippen LogP contribution is -2.45. The average molecular weight is 364 g/mol. The van der Waals surface area contributed by atoms with E-state index in [4.69, 9.17) is 9.26 Å². The maximum Gasteiger partial charge on any atom is 0.256 e. The first kappa shape index (κ1) is 18.8. The molecule has 3 heterocycles. The molecule has 2 aliphatic rings. The molecular weight excluding hydrogens is 336 g/mol. The van der Waals surface area contributed by atoms with Gasteiger partial charge in [-0.05, 0) is 33.7 Å². The van der Waals surface area contributed by atoms with E-state index in [0.717, 1.165) is 12.8 Å². The molecule has 2 atom stereocenters. The number of carbonyl (C=O) groups excluding carboxylic acids is 2. The summed E-state index contributed by atoms with van der Waals surface area (Å²) in [5.74, 6) is 0.585. The van der Waals surface area contributed by atoms with Crippen LogP contribution >= 0.6 is 0 Å². The number of morpholine rings is 1. The lowest BCUT2D eigenvalue weighted by molar-refractivity contribution is -0.136. The van der Waals surface area contributed by atoms with E-state index in [9.17, 15) is 9.59 Å². The van der Waals surface area contributed by atoms with Gasteiger partial charge in [-0.15, -0.1) is 0 Å². The highest BCUT2D eigenvalue weighted by Gasteiger charge is 2.33. The van der Waals surface area contributed by atoms with Crippen molar-refractivity contribution in [3.8, 4) is 0 Å². The fourth-order valence-electron chi connectivity index (χ4n) is 3.83. The second kappa shape index (κ2) is 8.18. The summed E-state index contributed by atoms with van der Waals surface area (Å²) >= 11 is 0. The molecule has 26 heavy (non-hydrogen) atoms. The number of likely N-dealkylation sites (N-methyl/N-ethyl adjacent to an activating group) is 1. The van der Waals surface area contributed by atoms with Crippen LogP contribution in [0, 0.1) is 13.8 Å². The van der Waals surface area contributed by atoms with Gasteiger partial charge in [-0.1, -0.05) is 5.16 Å². The van der Waals surface area contributed by atoms with Crippen LogP contribution < -0.4 is 5.32 Å². The number of carbonyl (C=O) groups is 2. The van der Waals surface area contributed by atoms with Crippen molar-refractivity contribution < 1.29 is 18.8 Å². The van der Waals surface area contributed by atoms with Gasteiger partial charge in [0.05, 0.1) is 18.9 Å². The minimum Gasteiger partial charge on any atom is -0.378 e. The molecule has 2 aliphatic heterocycles. The highest BCUT2D eigenvalue weighted by Crippen LogP contribution is 2.25. The second-order valence-electron chi connectivity index (χ2n) is 7.16. The Kier molecular flexibility index (Phi) is 5.93. The van der Waals surface area contributed by atoms with Crippen LogP contribution in [0.1, 0.15) is 41.1 Å². The fourth-order valence-corrected chi connectivity index (χ4v) is 3.83. The minimum absolute atomic E-state index is 0.150. The standard InChI is InChI=1S/C18H28N4O4/c1-12-17(13(2)26-20-12)18(24)19-11-15-5-4-14(21(15)3)10-16(23)22-6-8-25-9-7-22/h14-15H,4-11H2,1-3H3,(H,19,24)/t14-,15+/m1/s1. The van der Waals surface area contributed by atoms with Gasteiger partial charge in [-0.2, -0.15) is 0 Å². The van der Waals surface area contributed by atoms with Crippen LogP contribution in [0.2, 0.25) is 0 Å². The number of aromatic nitrogens is 1. The first-order chi connectivity index (χ1) is 12.5. The number of nitrogens with zero attached hydrogens (tertiary/aromatic N) is 3. The largest absolute Gasteiger partial charge is 0.378 e. The van der Waals surface area contributed by atoms with Crippen LogP contribution in [-0.2, 0) is 9.53 Å². The molecule has 0 saturated carbocycles. The van der Waals surface area contributed by atoms with Crippen molar-refractivity contribution in [3.63, 3.8) is 0 Å². The normalized spacial score (nSPS) is 24.0. The van der Waals surface area contributed by atoms with Crippen molar-refractivity contribution in [3.05, 3.63) is 17.0 Å². The van der Waals surface area contributed by atoms with Gasteiger partial charge in [0.1, 0.15) is 11.3 Å². The first-order valence-corrected chi connectivity index (χ1v) is 9.26. The highest BCUT2D eigenvalue weighted by atomic mass is 16.5. The molecule has 1 N–H and O–H groups in total. The van der Waals surface area contributed by atoms with E-state index < -0.39 is 0 Å². The van der Waals surface area contributed by atoms with E-state index >= 15 is 0 Å². The minimum atomic E-state index is -0.150. The van der Waals surface area contributed by atoms with Crippen LogP contribution in [-0.4, -0.2) is 78.8 Å². The highest BCUT2D eigenvalue weighted by molar-refractivity contribution is 5.96. The number of aryl methyl sites for hydroxylation is 2. The summed E-state index contributed by atoms with van der Waals surface area (Å²) in [6.45, 7) is 6.69. The molecule has 1 aromatic rings. The van der Waals surface area contributed by atoms with Crippen molar-refractivity contribution in [1.29, 1.82) is 0 Å². The van der Waals surface area contributed by atoms with E-state index in [0.29, 0.717) is 56.3 Å². The SMILES string of the molecule is Cc1noc(C)c1C(=O)NC[C@@H]1CC[C@H](CC(=O)N2CCOCC2)N1C. The molecule has 0 aliphatic carbocycles. The van der Waals surface area contributed by atoms with Crippen LogP contribution in [0.25, 0.3) is 0 Å². The summed E-state index contributed by atoms with van der Waals surface area (Å²) in [4.78, 5) is 29.0. The molecule has 1 aromatic heterocycles. The van der Waals surface area contributed by atoms with Crippen LogP contribution in [0.3, 0.4) is 0 Å². The predicted octanol–water partition coefficient (Wildman–Crippen LogP) is 0.733. The topological polar surface area (TPSA) is 87.9 Å². The van der Waals surface area contributed by atoms with Crippen LogP contribution in [0.4, 0.5) is 0 Å². The summed E-state index contributed by atoms with van der Waals surface area (Å²) < 4.78 is 10.4. The number of likely N-dealkylation sites (tertiary alicyclic amines) is 1. The Morgan fingerprint density at radius 1 is 1.19 bits per heavy atom. The third-order valence-corrected chi connectivity index (χ3v) is 5.52. The molecule has 2 saturated heterocycles. The molecule has 144 valence electrons. The molecular formula is C18H28N4O4. The summed E-state index contributed by atoms with van der Waals surface area (Å²) in [5, 5.41) is 6.81. The third kappa shape index (κ3) is 4.07. The molecule has 0 spiro atoms. The molecule has 0 radical (unpaired) electrons. The van der Waals surface area contributed by atoms with Crippen molar-refractivity contribution in [2.45, 2.75) is 45.2 Å². The van der Waals surface area contributed by atoms with Gasteiger partial charge < -0.3 is 19.5 Å². The number of rotatable bonds is 5. The van der Waals surface area contributed by atoms with Gasteiger partial charge in [0, 0.05) is 38.1 Å². The Hall–Kier alpha value is -1.93. The summed E-state index contributed by atoms with van der Waals surface area (Å²) in [6, 6.07) is 0.466. The van der Waals surface area contributed by atoms with E-state index in [-0.39, 0.29) is 23.9 Å². The fraction of sp³-hybridized carbons (Fsp3) is 0.722. The van der Waals surface area contributed by atoms with Gasteiger partial charge >= 0.3 is 0 Å². The van der Waals surface area contributed by atoms with E-state index in [1.54, 1.807) is 13.8 Å². The number of hydrogen-bond donors (Lipinski definition) is 1. The maximum absolute atomic E-state index is 12.5. The zero-order valence-electron chi connectivity index (χ0n) is 15.8. The lowest BCUT2D eigenvalue weighted by atomic mass is 10.1. The average Bonchev–Trinajstić information content (AvgIpc) is 3.16. The number of amides is 2. The number of hydrogen-bond acceptors (Lipinski definition) is 6. The van der Waals surface area contributed by atoms with Gasteiger partial charge in [0.2, 0.25) is 5.91 Å². The van der Waals surface area contributed by atoms with E-state index in [1.165, 1.54) is 0 Å². The van der Waals surface area contributed by atoms with Gasteiger partial charge in [0.25, 0.3) is 5.91 Å². The second-order valence-corrected chi connectivity index (χ2v) is 7.16. The van der Waals surface area contributed by atoms with E-state index in [2.05, 4.69) is 15.4 Å². The Morgan fingerprint density at radius 3 is 2.54 bits per heavy atom. The quantitative estimate of drug-likeness (QED) is 0.829. The van der Waals surface area contributed by atoms with Gasteiger partial charge in [-0.25, -0.2) is 0 Å². The number of ether oxygens (including phenoxy) is 1. The first-order valence-electron chi connectivity index (χ1n) is 9.26. The monoisotopic (exact) mass is 364 g/mol. The summed E-state index contributed by atoms with van der Waals surface area (Å²) in [7, 11) is 2.04. The molecule has 2 fully saturated rings. The van der Waals surface area contributed by atoms with Crippen LogP contribution in [0.15, 0.2) is 4.52 Å². The van der Waals surface area contributed by atoms with Crippen molar-refractivity contribution in [2.75, 3.05) is 39.9 Å². The zero-order chi connectivity index (χ0) is 18.7. The van der Waals surface area contributed by atoms with Gasteiger partial charge in [-0.3, -0.25) is 14.5 Å². The predicted molar refractivity (Wildman–Crippen MR) is 94.9 cm³/mol. The van der Waals surface area contributed by atoms with Crippen LogP contribution in [0.5, 0.6) is 0 Å². The summed E-state index contributed by atoms with van der Waals surface area (Å²) in [6.07, 6.45) is 2.47. The van der Waals surface area contributed by atoms with Gasteiger partial charge in [0.15, 0.2) is 0 Å². The van der Waals surface area contributed by atoms with Crippen molar-refractivity contribution in [1.82, 2.24) is 20.3 Å². The zero-order valence-corrected chi connectivity index (χ0v) is 15.8. The Balaban J connectivity index is 1.48. The van der Waals surface area contributed by atoms with Crippen molar-refractivity contribution in [2.24, 2.45) is 0 Å².